The molecule has 0 aliphatic heterocycles. The average molecular weight is 427 g/mol. The van der Waals surface area contributed by atoms with Crippen LogP contribution in [0, 0.1) is 6.92 Å². The molecule has 0 unspecified atom stereocenters. The Morgan fingerprint density at radius 1 is 1.07 bits per heavy atom. The van der Waals surface area contributed by atoms with Crippen LogP contribution in [0.1, 0.15) is 22.4 Å². The molecule has 5 heteroatoms. The summed E-state index contributed by atoms with van der Waals surface area (Å²) in [6.07, 6.45) is 5.39. The Morgan fingerprint density at radius 2 is 1.81 bits per heavy atom. The molecule has 2 heterocycles. The Bertz CT molecular complexity index is 936. The molecule has 0 atom stereocenters. The topological polar surface area (TPSA) is 44.1 Å². The van der Waals surface area contributed by atoms with Crippen LogP contribution >= 0.6 is 15.9 Å². The van der Waals surface area contributed by atoms with Gasteiger partial charge in [0.2, 0.25) is 0 Å². The minimum Gasteiger partial charge on any atom is -0.487 e. The molecule has 1 aromatic carbocycles. The fourth-order valence-electron chi connectivity index (χ4n) is 2.82. The first-order valence-electron chi connectivity index (χ1n) is 9.03. The van der Waals surface area contributed by atoms with E-state index in [1.165, 1.54) is 17.2 Å². The summed E-state index contributed by atoms with van der Waals surface area (Å²) in [4.78, 5) is 16.6. The van der Waals surface area contributed by atoms with Gasteiger partial charge in [-0.3, -0.25) is 9.78 Å². The molecule has 4 nitrogen and oxygen atoms in total. The number of hydrogen-bond donors (Lipinski definition) is 0. The van der Waals surface area contributed by atoms with Gasteiger partial charge in [-0.2, -0.15) is 0 Å². The zero-order valence-corrected chi connectivity index (χ0v) is 17.0. The second-order valence-electron chi connectivity index (χ2n) is 6.46. The highest BCUT2D eigenvalue weighted by Gasteiger charge is 2.04. The van der Waals surface area contributed by atoms with E-state index in [-0.39, 0.29) is 5.56 Å². The zero-order chi connectivity index (χ0) is 19.1. The predicted molar refractivity (Wildman–Crippen MR) is 112 cm³/mol. The van der Waals surface area contributed by atoms with Crippen molar-refractivity contribution in [3.8, 4) is 5.75 Å². The average Bonchev–Trinajstić information content (AvgIpc) is 2.68. The van der Waals surface area contributed by atoms with Gasteiger partial charge in [0, 0.05) is 30.3 Å². The lowest BCUT2D eigenvalue weighted by Crippen LogP contribution is -2.19. The standard InChI is InChI=1S/C22H23BrN2O2/c1-17-3-2-12-24-21(17)16-27-20-10-14-25(22(26)15-20)13-9-19-6-4-18(5-7-19)8-11-23/h2-7,10,12,14-15H,8-9,11,13,16H2,1H3. The van der Waals surface area contributed by atoms with E-state index in [2.05, 4.69) is 45.2 Å². The number of hydrogen-bond acceptors (Lipinski definition) is 3. The van der Waals surface area contributed by atoms with E-state index in [0.29, 0.717) is 18.9 Å². The SMILES string of the molecule is Cc1cccnc1COc1ccn(CCc2ccc(CCBr)cc2)c(=O)c1. The summed E-state index contributed by atoms with van der Waals surface area (Å²) < 4.78 is 7.44. The summed E-state index contributed by atoms with van der Waals surface area (Å²) in [5.74, 6) is 0.570. The Hall–Kier alpha value is -2.40. The third-order valence-corrected chi connectivity index (χ3v) is 4.90. The second-order valence-corrected chi connectivity index (χ2v) is 7.25. The van der Waals surface area contributed by atoms with Gasteiger partial charge in [0.1, 0.15) is 12.4 Å². The van der Waals surface area contributed by atoms with Gasteiger partial charge in [-0.15, -0.1) is 0 Å². The molecule has 0 fully saturated rings. The van der Waals surface area contributed by atoms with Crippen molar-refractivity contribution in [2.75, 3.05) is 5.33 Å². The normalized spacial score (nSPS) is 10.7. The second kappa shape index (κ2) is 9.51. The van der Waals surface area contributed by atoms with Gasteiger partial charge in [-0.1, -0.05) is 46.3 Å². The number of pyridine rings is 2. The van der Waals surface area contributed by atoms with E-state index in [4.69, 9.17) is 4.74 Å². The fourth-order valence-corrected chi connectivity index (χ4v) is 3.27. The third-order valence-electron chi connectivity index (χ3n) is 4.51. The number of halogens is 1. The van der Waals surface area contributed by atoms with Crippen LogP contribution in [0.5, 0.6) is 5.75 Å². The lowest BCUT2D eigenvalue weighted by Gasteiger charge is -2.10. The van der Waals surface area contributed by atoms with Crippen molar-refractivity contribution >= 4 is 15.9 Å². The molecule has 27 heavy (non-hydrogen) atoms. The smallest absolute Gasteiger partial charge is 0.254 e. The molecule has 0 amide bonds. The molecular formula is C22H23BrN2O2. The van der Waals surface area contributed by atoms with Gasteiger partial charge >= 0.3 is 0 Å². The van der Waals surface area contributed by atoms with Crippen molar-refractivity contribution in [1.29, 1.82) is 0 Å². The fraction of sp³-hybridized carbons (Fsp3) is 0.273. The summed E-state index contributed by atoms with van der Waals surface area (Å²) >= 11 is 3.46. The lowest BCUT2D eigenvalue weighted by molar-refractivity contribution is 0.299. The van der Waals surface area contributed by atoms with Crippen LogP contribution in [0.25, 0.3) is 0 Å². The summed E-state index contributed by atoms with van der Waals surface area (Å²) in [5, 5.41) is 0.968. The van der Waals surface area contributed by atoms with Crippen molar-refractivity contribution < 1.29 is 4.74 Å². The van der Waals surface area contributed by atoms with Gasteiger partial charge < -0.3 is 9.30 Å². The van der Waals surface area contributed by atoms with Gasteiger partial charge in [0.15, 0.2) is 0 Å². The molecule has 140 valence electrons. The molecule has 0 aliphatic rings. The molecule has 0 radical (unpaired) electrons. The van der Waals surface area contributed by atoms with E-state index < -0.39 is 0 Å². The van der Waals surface area contributed by atoms with E-state index in [1.54, 1.807) is 17.0 Å². The van der Waals surface area contributed by atoms with Crippen molar-refractivity contribution in [3.05, 3.63) is 93.7 Å². The maximum atomic E-state index is 12.3. The Kier molecular flexibility index (Phi) is 6.82. The quantitative estimate of drug-likeness (QED) is 0.504. The number of aryl methyl sites for hydroxylation is 4. The van der Waals surface area contributed by atoms with Gasteiger partial charge in [-0.05, 0) is 48.6 Å². The maximum absolute atomic E-state index is 12.3. The lowest BCUT2D eigenvalue weighted by atomic mass is 10.1. The summed E-state index contributed by atoms with van der Waals surface area (Å²) in [5.41, 5.74) is 4.45. The first-order valence-corrected chi connectivity index (χ1v) is 10.2. The number of ether oxygens (including phenoxy) is 1. The van der Waals surface area contributed by atoms with E-state index >= 15 is 0 Å². The Morgan fingerprint density at radius 3 is 2.48 bits per heavy atom. The number of aromatic nitrogens is 2. The van der Waals surface area contributed by atoms with Crippen LogP contribution < -0.4 is 10.3 Å². The van der Waals surface area contributed by atoms with Crippen LogP contribution in [0.15, 0.2) is 65.7 Å². The third kappa shape index (κ3) is 5.54. The van der Waals surface area contributed by atoms with Gasteiger partial charge in [-0.25, -0.2) is 0 Å². The number of alkyl halides is 1. The zero-order valence-electron chi connectivity index (χ0n) is 15.4. The van der Waals surface area contributed by atoms with E-state index in [1.807, 2.05) is 25.1 Å². The first-order chi connectivity index (χ1) is 13.2. The molecule has 2 aromatic heterocycles. The predicted octanol–water partition coefficient (Wildman–Crippen LogP) is 4.31. The number of rotatable bonds is 8. The van der Waals surface area contributed by atoms with Crippen molar-refractivity contribution in [2.45, 2.75) is 32.9 Å². The minimum atomic E-state index is -0.0545. The number of benzene rings is 1. The molecule has 0 spiro atoms. The molecule has 3 rings (SSSR count). The molecular weight excluding hydrogens is 404 g/mol. The van der Waals surface area contributed by atoms with Crippen molar-refractivity contribution in [1.82, 2.24) is 9.55 Å². The highest BCUT2D eigenvalue weighted by atomic mass is 79.9. The van der Waals surface area contributed by atoms with Gasteiger partial charge in [0.25, 0.3) is 5.56 Å². The molecule has 0 N–H and O–H groups in total. The molecule has 0 saturated heterocycles. The minimum absolute atomic E-state index is 0.0545. The molecule has 0 bridgehead atoms. The first kappa shape index (κ1) is 19.4. The van der Waals surface area contributed by atoms with Crippen molar-refractivity contribution in [2.24, 2.45) is 0 Å². The van der Waals surface area contributed by atoms with Crippen LogP contribution in [0.3, 0.4) is 0 Å². The molecule has 0 saturated carbocycles. The Labute approximate surface area is 168 Å². The molecule has 3 aromatic rings. The van der Waals surface area contributed by atoms with Crippen molar-refractivity contribution in [3.63, 3.8) is 0 Å². The Balaban J connectivity index is 1.58. The highest BCUT2D eigenvalue weighted by Crippen LogP contribution is 2.12. The maximum Gasteiger partial charge on any atom is 0.254 e. The molecule has 0 aliphatic carbocycles. The largest absolute Gasteiger partial charge is 0.487 e. The summed E-state index contributed by atoms with van der Waals surface area (Å²) in [6, 6.07) is 15.8. The van der Waals surface area contributed by atoms with Gasteiger partial charge in [0.05, 0.1) is 5.69 Å². The van der Waals surface area contributed by atoms with E-state index in [0.717, 1.165) is 29.4 Å². The van der Waals surface area contributed by atoms with Crippen LogP contribution in [0.2, 0.25) is 0 Å². The van der Waals surface area contributed by atoms with Crippen LogP contribution in [-0.2, 0) is 26.0 Å². The highest BCUT2D eigenvalue weighted by molar-refractivity contribution is 9.09. The monoisotopic (exact) mass is 426 g/mol. The van der Waals surface area contributed by atoms with E-state index in [9.17, 15) is 4.79 Å². The number of nitrogens with zero attached hydrogens (tertiary/aromatic N) is 2. The summed E-state index contributed by atoms with van der Waals surface area (Å²) in [6.45, 7) is 3.00. The van der Waals surface area contributed by atoms with Crippen LogP contribution in [0.4, 0.5) is 0 Å². The summed E-state index contributed by atoms with van der Waals surface area (Å²) in [7, 11) is 0. The van der Waals surface area contributed by atoms with Crippen LogP contribution in [-0.4, -0.2) is 14.9 Å².